The summed E-state index contributed by atoms with van der Waals surface area (Å²) in [6, 6.07) is 0.658. The summed E-state index contributed by atoms with van der Waals surface area (Å²) in [7, 11) is 1.95. The van der Waals surface area contributed by atoms with E-state index >= 15 is 0 Å². The summed E-state index contributed by atoms with van der Waals surface area (Å²) in [5, 5.41) is 3.27. The van der Waals surface area contributed by atoms with E-state index in [2.05, 4.69) is 10.2 Å². The third kappa shape index (κ3) is 2.10. The topological polar surface area (TPSA) is 32.3 Å². The maximum atomic E-state index is 12.7. The summed E-state index contributed by atoms with van der Waals surface area (Å²) in [5.74, 6) is 3.89. The monoisotopic (exact) mass is 262 g/mol. The summed E-state index contributed by atoms with van der Waals surface area (Å²) in [6.45, 7) is 1.06. The molecule has 19 heavy (non-hydrogen) atoms. The number of likely N-dealkylation sites (tertiary alicyclic amines) is 1. The minimum atomic E-state index is 0.0945. The van der Waals surface area contributed by atoms with Crippen molar-refractivity contribution in [2.75, 3.05) is 13.6 Å². The van der Waals surface area contributed by atoms with Crippen molar-refractivity contribution in [1.29, 1.82) is 0 Å². The number of fused-ring (bicyclic) bond motifs is 3. The minimum absolute atomic E-state index is 0.0945. The largest absolute Gasteiger partial charge is 0.338 e. The number of nitrogens with zero attached hydrogens (tertiary/aromatic N) is 1. The summed E-state index contributed by atoms with van der Waals surface area (Å²) < 4.78 is 0. The van der Waals surface area contributed by atoms with Crippen LogP contribution in [0.3, 0.4) is 0 Å². The first kappa shape index (κ1) is 12.2. The number of rotatable bonds is 2. The van der Waals surface area contributed by atoms with Crippen LogP contribution in [-0.4, -0.2) is 36.5 Å². The van der Waals surface area contributed by atoms with Crippen molar-refractivity contribution in [1.82, 2.24) is 10.2 Å². The molecule has 0 aromatic carbocycles. The second-order valence-electron chi connectivity index (χ2n) is 7.49. The van der Waals surface area contributed by atoms with Crippen LogP contribution >= 0.6 is 0 Å². The first-order valence-electron chi connectivity index (χ1n) is 8.22. The first-order chi connectivity index (χ1) is 9.24. The molecule has 1 amide bonds. The molecule has 5 unspecified atom stereocenters. The SMILES string of the molecule is CNC1CC2CC2CN(C2CC3CCC(C3)C2)C1=O. The Morgan fingerprint density at radius 2 is 1.74 bits per heavy atom. The second kappa shape index (κ2) is 4.47. The lowest BCUT2D eigenvalue weighted by atomic mass is 9.84. The van der Waals surface area contributed by atoms with E-state index in [1.807, 2.05) is 7.05 Å². The van der Waals surface area contributed by atoms with E-state index in [4.69, 9.17) is 0 Å². The predicted molar refractivity (Wildman–Crippen MR) is 74.6 cm³/mol. The molecule has 1 saturated heterocycles. The van der Waals surface area contributed by atoms with Crippen LogP contribution in [-0.2, 0) is 4.79 Å². The molecule has 3 heteroatoms. The number of hydrogen-bond donors (Lipinski definition) is 1. The predicted octanol–water partition coefficient (Wildman–Crippen LogP) is 2.02. The molecule has 4 aliphatic rings. The van der Waals surface area contributed by atoms with Gasteiger partial charge in [-0.05, 0) is 62.8 Å². The van der Waals surface area contributed by atoms with E-state index in [0.29, 0.717) is 11.9 Å². The average molecular weight is 262 g/mol. The lowest BCUT2D eigenvalue weighted by molar-refractivity contribution is -0.136. The van der Waals surface area contributed by atoms with Crippen LogP contribution in [0.4, 0.5) is 0 Å². The van der Waals surface area contributed by atoms with Crippen LogP contribution in [0.5, 0.6) is 0 Å². The molecule has 2 bridgehead atoms. The van der Waals surface area contributed by atoms with Crippen molar-refractivity contribution in [2.45, 2.75) is 57.0 Å². The van der Waals surface area contributed by atoms with Crippen molar-refractivity contribution in [2.24, 2.45) is 23.7 Å². The Bertz CT molecular complexity index is 371. The van der Waals surface area contributed by atoms with Gasteiger partial charge >= 0.3 is 0 Å². The number of likely N-dealkylation sites (N-methyl/N-ethyl adjacent to an activating group) is 1. The maximum absolute atomic E-state index is 12.7. The van der Waals surface area contributed by atoms with Gasteiger partial charge in [0.15, 0.2) is 0 Å². The Labute approximate surface area is 116 Å². The zero-order chi connectivity index (χ0) is 13.0. The molecule has 3 aliphatic carbocycles. The highest BCUT2D eigenvalue weighted by molar-refractivity contribution is 5.82. The van der Waals surface area contributed by atoms with Crippen LogP contribution in [0.1, 0.15) is 44.9 Å². The highest BCUT2D eigenvalue weighted by atomic mass is 16.2. The molecule has 0 spiro atoms. The van der Waals surface area contributed by atoms with Gasteiger partial charge < -0.3 is 10.2 Å². The fraction of sp³-hybridized carbons (Fsp3) is 0.938. The lowest BCUT2D eigenvalue weighted by Gasteiger charge is -2.38. The molecule has 5 atom stereocenters. The molecule has 106 valence electrons. The van der Waals surface area contributed by atoms with Crippen LogP contribution in [0.25, 0.3) is 0 Å². The third-order valence-electron chi connectivity index (χ3n) is 6.27. The van der Waals surface area contributed by atoms with Gasteiger partial charge in [-0.3, -0.25) is 4.79 Å². The normalized spacial score (nSPS) is 48.9. The number of carbonyl (C=O) groups is 1. The third-order valence-corrected chi connectivity index (χ3v) is 6.27. The van der Waals surface area contributed by atoms with Crippen LogP contribution in [0.2, 0.25) is 0 Å². The fourth-order valence-electron chi connectivity index (χ4n) is 5.07. The molecule has 3 nitrogen and oxygen atoms in total. The van der Waals surface area contributed by atoms with Gasteiger partial charge in [0, 0.05) is 12.6 Å². The smallest absolute Gasteiger partial charge is 0.239 e. The molecule has 3 saturated carbocycles. The number of hydrogen-bond acceptors (Lipinski definition) is 2. The van der Waals surface area contributed by atoms with Gasteiger partial charge in [-0.2, -0.15) is 0 Å². The van der Waals surface area contributed by atoms with Crippen molar-refractivity contribution in [3.63, 3.8) is 0 Å². The van der Waals surface area contributed by atoms with Gasteiger partial charge in [-0.15, -0.1) is 0 Å². The molecule has 0 aromatic rings. The van der Waals surface area contributed by atoms with Crippen LogP contribution in [0, 0.1) is 23.7 Å². The lowest BCUT2D eigenvalue weighted by Crippen LogP contribution is -2.50. The van der Waals surface area contributed by atoms with Gasteiger partial charge in [-0.25, -0.2) is 0 Å². The summed E-state index contributed by atoms with van der Waals surface area (Å²) in [5.41, 5.74) is 0. The first-order valence-corrected chi connectivity index (χ1v) is 8.22. The van der Waals surface area contributed by atoms with Crippen LogP contribution < -0.4 is 5.32 Å². The van der Waals surface area contributed by atoms with Gasteiger partial charge in [-0.1, -0.05) is 12.8 Å². The summed E-state index contributed by atoms with van der Waals surface area (Å²) in [6.07, 6.45) is 9.30. The molecule has 4 rings (SSSR count). The second-order valence-corrected chi connectivity index (χ2v) is 7.49. The molecule has 1 N–H and O–H groups in total. The number of carbonyl (C=O) groups excluding carboxylic acids is 1. The van der Waals surface area contributed by atoms with E-state index < -0.39 is 0 Å². The van der Waals surface area contributed by atoms with Crippen molar-refractivity contribution in [3.05, 3.63) is 0 Å². The Kier molecular flexibility index (Phi) is 2.87. The molecular weight excluding hydrogens is 236 g/mol. The Hall–Kier alpha value is -0.570. The van der Waals surface area contributed by atoms with E-state index in [1.54, 1.807) is 0 Å². The quantitative estimate of drug-likeness (QED) is 0.826. The summed E-state index contributed by atoms with van der Waals surface area (Å²) >= 11 is 0. The Balaban J connectivity index is 1.53. The molecule has 0 radical (unpaired) electrons. The van der Waals surface area contributed by atoms with Gasteiger partial charge in [0.1, 0.15) is 0 Å². The zero-order valence-electron chi connectivity index (χ0n) is 12.0. The average Bonchev–Trinajstić information content (AvgIpc) is 3.09. The number of amides is 1. The standard InChI is InChI=1S/C16H26N2O/c1-17-15-8-12-7-13(12)9-18(16(15)19)14-5-10-2-3-11(4-10)6-14/h10-15,17H,2-9H2,1H3. The molecular formula is C16H26N2O. The molecule has 0 aromatic heterocycles. The van der Waals surface area contributed by atoms with E-state index in [9.17, 15) is 4.79 Å². The Morgan fingerprint density at radius 3 is 2.42 bits per heavy atom. The van der Waals surface area contributed by atoms with Gasteiger partial charge in [0.2, 0.25) is 5.91 Å². The van der Waals surface area contributed by atoms with Gasteiger partial charge in [0.25, 0.3) is 0 Å². The van der Waals surface area contributed by atoms with E-state index in [-0.39, 0.29) is 6.04 Å². The number of nitrogens with one attached hydrogen (secondary N) is 1. The maximum Gasteiger partial charge on any atom is 0.239 e. The summed E-state index contributed by atoms with van der Waals surface area (Å²) in [4.78, 5) is 15.0. The van der Waals surface area contributed by atoms with Crippen molar-refractivity contribution < 1.29 is 4.79 Å². The molecule has 1 aliphatic heterocycles. The highest BCUT2D eigenvalue weighted by Crippen LogP contribution is 2.48. The Morgan fingerprint density at radius 1 is 1.00 bits per heavy atom. The van der Waals surface area contributed by atoms with Crippen molar-refractivity contribution >= 4 is 5.91 Å². The van der Waals surface area contributed by atoms with Crippen LogP contribution in [0.15, 0.2) is 0 Å². The minimum Gasteiger partial charge on any atom is -0.338 e. The zero-order valence-corrected chi connectivity index (χ0v) is 12.0. The van der Waals surface area contributed by atoms with E-state index in [1.165, 1.54) is 38.5 Å². The molecule has 1 heterocycles. The highest BCUT2D eigenvalue weighted by Gasteiger charge is 2.48. The van der Waals surface area contributed by atoms with E-state index in [0.717, 1.165) is 36.6 Å². The fourth-order valence-corrected chi connectivity index (χ4v) is 5.07. The molecule has 4 fully saturated rings. The van der Waals surface area contributed by atoms with Gasteiger partial charge in [0.05, 0.1) is 6.04 Å². The van der Waals surface area contributed by atoms with Crippen molar-refractivity contribution in [3.8, 4) is 0 Å².